The van der Waals surface area contributed by atoms with Crippen molar-refractivity contribution in [3.63, 3.8) is 0 Å². The molecular weight excluding hydrogens is 348 g/mol. The van der Waals surface area contributed by atoms with Gasteiger partial charge in [0.05, 0.1) is 12.8 Å². The highest BCUT2D eigenvalue weighted by Gasteiger charge is 2.00. The number of hydrogen-bond acceptors (Lipinski definition) is 3. The van der Waals surface area contributed by atoms with Crippen molar-refractivity contribution in [2.45, 2.75) is 0 Å². The van der Waals surface area contributed by atoms with E-state index in [1.54, 1.807) is 7.11 Å². The van der Waals surface area contributed by atoms with E-state index < -0.39 is 0 Å². The van der Waals surface area contributed by atoms with Gasteiger partial charge in [0, 0.05) is 29.9 Å². The van der Waals surface area contributed by atoms with Crippen molar-refractivity contribution in [1.29, 1.82) is 0 Å². The van der Waals surface area contributed by atoms with E-state index in [9.17, 15) is 0 Å². The smallest absolute Gasteiger partial charge is 0.127 e. The van der Waals surface area contributed by atoms with Crippen LogP contribution in [0.5, 0.6) is 17.2 Å². The van der Waals surface area contributed by atoms with Crippen LogP contribution in [0.15, 0.2) is 102 Å². The Hall–Kier alpha value is -3.79. The van der Waals surface area contributed by atoms with Gasteiger partial charge in [-0.3, -0.25) is 4.99 Å². The molecule has 0 N–H and O–H groups in total. The predicted molar refractivity (Wildman–Crippen MR) is 113 cm³/mol. The molecule has 0 aliphatic rings. The molecule has 0 saturated heterocycles. The molecule has 0 atom stereocenters. The van der Waals surface area contributed by atoms with Crippen molar-refractivity contribution < 1.29 is 9.47 Å². The van der Waals surface area contributed by atoms with Crippen LogP contribution in [0.25, 0.3) is 5.69 Å². The molecule has 3 aromatic carbocycles. The van der Waals surface area contributed by atoms with Crippen LogP contribution >= 0.6 is 0 Å². The largest absolute Gasteiger partial charge is 0.497 e. The van der Waals surface area contributed by atoms with Crippen molar-refractivity contribution in [3.8, 4) is 22.9 Å². The summed E-state index contributed by atoms with van der Waals surface area (Å²) >= 11 is 0. The number of benzene rings is 3. The molecule has 0 bridgehead atoms. The first-order valence-corrected chi connectivity index (χ1v) is 9.00. The summed E-state index contributed by atoms with van der Waals surface area (Å²) in [6.45, 7) is 0. The summed E-state index contributed by atoms with van der Waals surface area (Å²) in [5, 5.41) is 0. The summed E-state index contributed by atoms with van der Waals surface area (Å²) in [5.74, 6) is 2.33. The third-order valence-electron chi connectivity index (χ3n) is 4.26. The molecule has 4 nitrogen and oxygen atoms in total. The number of nitrogens with zero attached hydrogens (tertiary/aromatic N) is 2. The third kappa shape index (κ3) is 4.30. The minimum atomic E-state index is 0.763. The van der Waals surface area contributed by atoms with Crippen molar-refractivity contribution in [3.05, 3.63) is 103 Å². The molecule has 1 heterocycles. The molecule has 4 aromatic rings. The Morgan fingerprint density at radius 3 is 2.07 bits per heavy atom. The molecule has 0 aliphatic carbocycles. The van der Waals surface area contributed by atoms with E-state index in [0.717, 1.165) is 34.2 Å². The topological polar surface area (TPSA) is 35.8 Å². The molecule has 1 aromatic heterocycles. The Labute approximate surface area is 164 Å². The van der Waals surface area contributed by atoms with E-state index in [1.807, 2.05) is 85.2 Å². The normalized spacial score (nSPS) is 10.9. The molecule has 4 heteroatoms. The predicted octanol–water partition coefficient (Wildman–Crippen LogP) is 6.03. The quantitative estimate of drug-likeness (QED) is 0.390. The molecule has 0 fully saturated rings. The van der Waals surface area contributed by atoms with Gasteiger partial charge in [0.15, 0.2) is 0 Å². The van der Waals surface area contributed by atoms with Gasteiger partial charge >= 0.3 is 0 Å². The van der Waals surface area contributed by atoms with E-state index in [0.29, 0.717) is 0 Å². The summed E-state index contributed by atoms with van der Waals surface area (Å²) in [6.07, 6.45) is 5.95. The maximum atomic E-state index is 5.84. The first-order chi connectivity index (χ1) is 13.8. The van der Waals surface area contributed by atoms with Crippen LogP contribution in [0.3, 0.4) is 0 Å². The second kappa shape index (κ2) is 8.27. The standard InChI is InChI=1S/C24H20N2O2/c1-27-22-11-13-24(14-12-22)28-23-9-7-20(8-10-23)25-17-19-15-16-26(18-19)21-5-3-2-4-6-21/h2-18H,1H3. The lowest BCUT2D eigenvalue weighted by Gasteiger charge is -2.06. The molecule has 138 valence electrons. The molecule has 28 heavy (non-hydrogen) atoms. The highest BCUT2D eigenvalue weighted by Crippen LogP contribution is 2.25. The van der Waals surface area contributed by atoms with Crippen LogP contribution in [0, 0.1) is 0 Å². The van der Waals surface area contributed by atoms with Gasteiger partial charge in [-0.2, -0.15) is 0 Å². The Morgan fingerprint density at radius 1 is 0.750 bits per heavy atom. The summed E-state index contributed by atoms with van der Waals surface area (Å²) < 4.78 is 13.1. The molecule has 4 rings (SSSR count). The zero-order valence-electron chi connectivity index (χ0n) is 15.5. The summed E-state index contributed by atoms with van der Waals surface area (Å²) in [7, 11) is 1.64. The zero-order valence-corrected chi connectivity index (χ0v) is 15.5. The van der Waals surface area contributed by atoms with Gasteiger partial charge in [-0.15, -0.1) is 0 Å². The average Bonchev–Trinajstić information content (AvgIpc) is 3.24. The number of methoxy groups -OCH3 is 1. The Balaban J connectivity index is 1.41. The van der Waals surface area contributed by atoms with Crippen LogP contribution in [0.4, 0.5) is 5.69 Å². The monoisotopic (exact) mass is 368 g/mol. The van der Waals surface area contributed by atoms with Crippen molar-refractivity contribution >= 4 is 11.9 Å². The van der Waals surface area contributed by atoms with E-state index in [2.05, 4.69) is 27.9 Å². The average molecular weight is 368 g/mol. The number of ether oxygens (including phenoxy) is 2. The molecule has 0 amide bonds. The fourth-order valence-corrected chi connectivity index (χ4v) is 2.78. The highest BCUT2D eigenvalue weighted by atomic mass is 16.5. The number of hydrogen-bond donors (Lipinski definition) is 0. The van der Waals surface area contributed by atoms with Gasteiger partial charge in [0.2, 0.25) is 0 Å². The lowest BCUT2D eigenvalue weighted by atomic mass is 10.3. The van der Waals surface area contributed by atoms with Gasteiger partial charge in [-0.1, -0.05) is 18.2 Å². The summed E-state index contributed by atoms with van der Waals surface area (Å²) in [6, 6.07) is 27.4. The molecule has 0 radical (unpaired) electrons. The zero-order chi connectivity index (χ0) is 19.2. The first kappa shape index (κ1) is 17.6. The minimum Gasteiger partial charge on any atom is -0.497 e. The van der Waals surface area contributed by atoms with Crippen LogP contribution in [-0.2, 0) is 0 Å². The van der Waals surface area contributed by atoms with Gasteiger partial charge < -0.3 is 14.0 Å². The van der Waals surface area contributed by atoms with Gasteiger partial charge in [0.1, 0.15) is 17.2 Å². The van der Waals surface area contributed by atoms with Crippen LogP contribution in [0.2, 0.25) is 0 Å². The van der Waals surface area contributed by atoms with E-state index in [-0.39, 0.29) is 0 Å². The van der Waals surface area contributed by atoms with Gasteiger partial charge in [-0.05, 0) is 66.7 Å². The Morgan fingerprint density at radius 2 is 1.39 bits per heavy atom. The van der Waals surface area contributed by atoms with Crippen LogP contribution in [-0.4, -0.2) is 17.9 Å². The number of aliphatic imine (C=N–C) groups is 1. The summed E-state index contributed by atoms with van der Waals surface area (Å²) in [4.78, 5) is 4.54. The summed E-state index contributed by atoms with van der Waals surface area (Å²) in [5.41, 5.74) is 3.04. The van der Waals surface area contributed by atoms with E-state index in [4.69, 9.17) is 9.47 Å². The lowest BCUT2D eigenvalue weighted by molar-refractivity contribution is 0.413. The number of para-hydroxylation sites is 1. The van der Waals surface area contributed by atoms with Crippen molar-refractivity contribution in [2.24, 2.45) is 4.99 Å². The SMILES string of the molecule is COc1ccc(Oc2ccc(N=Cc3ccn(-c4ccccc4)c3)cc2)cc1. The van der Waals surface area contributed by atoms with Crippen LogP contribution in [0.1, 0.15) is 5.56 Å². The van der Waals surface area contributed by atoms with Crippen molar-refractivity contribution in [2.75, 3.05) is 7.11 Å². The maximum absolute atomic E-state index is 5.84. The fourth-order valence-electron chi connectivity index (χ4n) is 2.78. The highest BCUT2D eigenvalue weighted by molar-refractivity contribution is 5.81. The van der Waals surface area contributed by atoms with E-state index >= 15 is 0 Å². The third-order valence-corrected chi connectivity index (χ3v) is 4.26. The lowest BCUT2D eigenvalue weighted by Crippen LogP contribution is -1.88. The first-order valence-electron chi connectivity index (χ1n) is 9.00. The maximum Gasteiger partial charge on any atom is 0.127 e. The molecule has 0 aliphatic heterocycles. The Bertz CT molecular complexity index is 1050. The molecular formula is C24H20N2O2. The molecule has 0 saturated carbocycles. The van der Waals surface area contributed by atoms with Crippen LogP contribution < -0.4 is 9.47 Å². The Kier molecular flexibility index (Phi) is 5.20. The number of rotatable bonds is 6. The minimum absolute atomic E-state index is 0.763. The fraction of sp³-hybridized carbons (Fsp3) is 0.0417. The molecule has 0 unspecified atom stereocenters. The van der Waals surface area contributed by atoms with Gasteiger partial charge in [0.25, 0.3) is 0 Å². The second-order valence-corrected chi connectivity index (χ2v) is 6.22. The van der Waals surface area contributed by atoms with Gasteiger partial charge in [-0.25, -0.2) is 0 Å². The molecule has 0 spiro atoms. The number of aromatic nitrogens is 1. The van der Waals surface area contributed by atoms with E-state index in [1.165, 1.54) is 0 Å². The second-order valence-electron chi connectivity index (χ2n) is 6.22. The van der Waals surface area contributed by atoms with Crippen molar-refractivity contribution in [1.82, 2.24) is 4.57 Å².